The van der Waals surface area contributed by atoms with Crippen LogP contribution in [-0.4, -0.2) is 17.6 Å². The number of pyridine rings is 1. The molecule has 0 aliphatic heterocycles. The number of para-hydroxylation sites is 1. The molecule has 0 spiro atoms. The van der Waals surface area contributed by atoms with Crippen molar-refractivity contribution in [2.24, 2.45) is 0 Å². The van der Waals surface area contributed by atoms with Crippen molar-refractivity contribution >= 4 is 17.6 Å². The summed E-state index contributed by atoms with van der Waals surface area (Å²) in [7, 11) is 0. The zero-order chi connectivity index (χ0) is 18.5. The van der Waals surface area contributed by atoms with Gasteiger partial charge in [0.2, 0.25) is 0 Å². The fourth-order valence-electron chi connectivity index (χ4n) is 2.34. The highest BCUT2D eigenvalue weighted by Crippen LogP contribution is 2.33. The number of hydrogen-bond donors (Lipinski definition) is 0. The summed E-state index contributed by atoms with van der Waals surface area (Å²) >= 11 is 6.14. The fraction of sp³-hybridized carbons (Fsp3) is 0.100. The van der Waals surface area contributed by atoms with Crippen LogP contribution in [0.2, 0.25) is 5.02 Å². The van der Waals surface area contributed by atoms with E-state index < -0.39 is 5.97 Å². The highest BCUT2D eigenvalue weighted by molar-refractivity contribution is 6.32. The monoisotopic (exact) mass is 371 g/mol. The number of ether oxygens (including phenoxy) is 2. The van der Waals surface area contributed by atoms with E-state index >= 15 is 0 Å². The minimum Gasteiger partial charge on any atom is -0.462 e. The third-order valence-corrected chi connectivity index (χ3v) is 3.85. The Morgan fingerprint density at radius 3 is 2.65 bits per heavy atom. The molecule has 0 N–H and O–H groups in total. The molecule has 6 heteroatoms. The minimum absolute atomic E-state index is 0.159. The second kappa shape index (κ2) is 7.97. The number of esters is 1. The van der Waals surface area contributed by atoms with Gasteiger partial charge in [-0.3, -0.25) is 4.98 Å². The number of carbonyl (C=O) groups excluding carboxylic acids is 1. The summed E-state index contributed by atoms with van der Waals surface area (Å²) in [4.78, 5) is 16.4. The van der Waals surface area contributed by atoms with E-state index in [1.165, 1.54) is 18.3 Å². The molecule has 3 aromatic rings. The van der Waals surface area contributed by atoms with Gasteiger partial charge in [-0.25, -0.2) is 9.18 Å². The third-order valence-electron chi connectivity index (χ3n) is 3.54. The average Bonchev–Trinajstić information content (AvgIpc) is 2.64. The maximum atomic E-state index is 13.5. The van der Waals surface area contributed by atoms with Crippen LogP contribution in [0.25, 0.3) is 11.3 Å². The van der Waals surface area contributed by atoms with E-state index in [0.717, 1.165) is 0 Å². The predicted molar refractivity (Wildman–Crippen MR) is 97.1 cm³/mol. The molecule has 1 aromatic heterocycles. The molecule has 4 nitrogen and oxygen atoms in total. The van der Waals surface area contributed by atoms with Gasteiger partial charge in [0.15, 0.2) is 0 Å². The van der Waals surface area contributed by atoms with E-state index in [-0.39, 0.29) is 23.7 Å². The molecule has 3 rings (SSSR count). The Bertz CT molecular complexity index is 946. The smallest absolute Gasteiger partial charge is 0.343 e. The number of rotatable bonds is 5. The highest BCUT2D eigenvalue weighted by Gasteiger charge is 2.18. The van der Waals surface area contributed by atoms with Crippen LogP contribution in [0, 0.1) is 5.82 Å². The first kappa shape index (κ1) is 17.9. The Balaban J connectivity index is 2.06. The summed E-state index contributed by atoms with van der Waals surface area (Å²) in [5, 5.41) is 0.395. The lowest BCUT2D eigenvalue weighted by Gasteiger charge is -2.13. The molecule has 0 bridgehead atoms. The van der Waals surface area contributed by atoms with Crippen LogP contribution in [0.3, 0.4) is 0 Å². The minimum atomic E-state index is -0.562. The van der Waals surface area contributed by atoms with E-state index in [1.54, 1.807) is 49.4 Å². The number of aromatic nitrogens is 1. The molecule has 0 unspecified atom stereocenters. The van der Waals surface area contributed by atoms with Crippen LogP contribution in [0.4, 0.5) is 4.39 Å². The van der Waals surface area contributed by atoms with Crippen molar-refractivity contribution in [2.75, 3.05) is 6.61 Å². The van der Waals surface area contributed by atoms with Gasteiger partial charge >= 0.3 is 5.97 Å². The predicted octanol–water partition coefficient (Wildman–Crippen LogP) is 5.51. The Morgan fingerprint density at radius 1 is 1.12 bits per heavy atom. The molecule has 0 aliphatic rings. The van der Waals surface area contributed by atoms with Crippen LogP contribution in [0.5, 0.6) is 11.5 Å². The lowest BCUT2D eigenvalue weighted by atomic mass is 10.1. The highest BCUT2D eigenvalue weighted by atomic mass is 35.5. The number of benzene rings is 2. The van der Waals surface area contributed by atoms with Crippen molar-refractivity contribution in [3.05, 3.63) is 77.2 Å². The van der Waals surface area contributed by atoms with Gasteiger partial charge in [-0.2, -0.15) is 0 Å². The molecule has 0 saturated heterocycles. The number of carbonyl (C=O) groups is 1. The van der Waals surface area contributed by atoms with Gasteiger partial charge in [0.1, 0.15) is 22.9 Å². The second-order valence-corrected chi connectivity index (χ2v) is 5.74. The number of hydrogen-bond acceptors (Lipinski definition) is 4. The van der Waals surface area contributed by atoms with Crippen LogP contribution >= 0.6 is 11.6 Å². The lowest BCUT2D eigenvalue weighted by Crippen LogP contribution is -2.07. The first-order valence-corrected chi connectivity index (χ1v) is 8.31. The van der Waals surface area contributed by atoms with Gasteiger partial charge in [0, 0.05) is 17.8 Å². The fourth-order valence-corrected chi connectivity index (χ4v) is 2.51. The molecule has 0 atom stereocenters. The van der Waals surface area contributed by atoms with Crippen LogP contribution < -0.4 is 4.74 Å². The number of halogens is 2. The molecule has 0 saturated carbocycles. The molecule has 0 radical (unpaired) electrons. The van der Waals surface area contributed by atoms with Crippen molar-refractivity contribution < 1.29 is 18.7 Å². The van der Waals surface area contributed by atoms with Gasteiger partial charge in [-0.1, -0.05) is 35.9 Å². The first-order chi connectivity index (χ1) is 12.6. The Morgan fingerprint density at radius 2 is 1.92 bits per heavy atom. The van der Waals surface area contributed by atoms with Gasteiger partial charge in [0.05, 0.1) is 17.3 Å². The largest absolute Gasteiger partial charge is 0.462 e. The molecule has 2 aromatic carbocycles. The zero-order valence-electron chi connectivity index (χ0n) is 13.9. The molecule has 0 amide bonds. The van der Waals surface area contributed by atoms with E-state index in [2.05, 4.69) is 4.98 Å². The van der Waals surface area contributed by atoms with E-state index in [1.807, 2.05) is 0 Å². The summed E-state index contributed by atoms with van der Waals surface area (Å²) in [6.45, 7) is 1.93. The molecule has 0 aliphatic carbocycles. The Kier molecular flexibility index (Phi) is 5.49. The van der Waals surface area contributed by atoms with Gasteiger partial charge < -0.3 is 9.47 Å². The van der Waals surface area contributed by atoms with E-state index in [4.69, 9.17) is 21.1 Å². The molecule has 1 heterocycles. The second-order valence-electron chi connectivity index (χ2n) is 5.33. The molecule has 132 valence electrons. The summed E-state index contributed by atoms with van der Waals surface area (Å²) < 4.78 is 24.4. The van der Waals surface area contributed by atoms with Crippen molar-refractivity contribution in [3.8, 4) is 22.8 Å². The quantitative estimate of drug-likeness (QED) is 0.555. The van der Waals surface area contributed by atoms with Crippen molar-refractivity contribution in [3.63, 3.8) is 0 Å². The van der Waals surface area contributed by atoms with E-state index in [0.29, 0.717) is 22.0 Å². The SMILES string of the molecule is CCOC(=O)c1cnc(-c2cccc(F)c2)cc1Oc1ccccc1Cl. The summed E-state index contributed by atoms with van der Waals surface area (Å²) in [5.41, 5.74) is 1.18. The summed E-state index contributed by atoms with van der Waals surface area (Å²) in [6.07, 6.45) is 1.35. The summed E-state index contributed by atoms with van der Waals surface area (Å²) in [6, 6.07) is 14.4. The van der Waals surface area contributed by atoms with Crippen molar-refractivity contribution in [2.45, 2.75) is 6.92 Å². The topological polar surface area (TPSA) is 48.4 Å². The Hall–Kier alpha value is -2.92. The van der Waals surface area contributed by atoms with Crippen LogP contribution in [0.1, 0.15) is 17.3 Å². The van der Waals surface area contributed by atoms with Gasteiger partial charge in [-0.05, 0) is 31.2 Å². The summed E-state index contributed by atoms with van der Waals surface area (Å²) in [5.74, 6) is -0.331. The molecular formula is C20H15ClFNO3. The normalized spacial score (nSPS) is 10.4. The first-order valence-electron chi connectivity index (χ1n) is 7.94. The maximum absolute atomic E-state index is 13.5. The molecule has 26 heavy (non-hydrogen) atoms. The maximum Gasteiger partial charge on any atom is 0.343 e. The molecule has 0 fully saturated rings. The Labute approximate surface area is 155 Å². The van der Waals surface area contributed by atoms with Crippen LogP contribution in [-0.2, 0) is 4.74 Å². The lowest BCUT2D eigenvalue weighted by molar-refractivity contribution is 0.0523. The molecular weight excluding hydrogens is 357 g/mol. The van der Waals surface area contributed by atoms with Crippen molar-refractivity contribution in [1.29, 1.82) is 0 Å². The van der Waals surface area contributed by atoms with Crippen molar-refractivity contribution in [1.82, 2.24) is 4.98 Å². The average molecular weight is 372 g/mol. The zero-order valence-corrected chi connectivity index (χ0v) is 14.7. The number of nitrogens with zero attached hydrogens (tertiary/aromatic N) is 1. The standard InChI is InChI=1S/C20H15ClFNO3/c1-2-25-20(24)15-12-23-17(13-6-5-7-14(22)10-13)11-19(15)26-18-9-4-3-8-16(18)21/h3-12H,2H2,1H3. The van der Waals surface area contributed by atoms with Gasteiger partial charge in [0.25, 0.3) is 0 Å². The van der Waals surface area contributed by atoms with Crippen LogP contribution in [0.15, 0.2) is 60.8 Å². The third kappa shape index (κ3) is 4.00. The van der Waals surface area contributed by atoms with E-state index in [9.17, 15) is 9.18 Å². The van der Waals surface area contributed by atoms with Gasteiger partial charge in [-0.15, -0.1) is 0 Å².